The first kappa shape index (κ1) is 18.5. The quantitative estimate of drug-likeness (QED) is 0.426. The standard InChI is InChI=1S/C17H17FIN5O2/c1-10(19)9-24-15(25)14-13(22-17(24)26)8-21-16(23-14)20-6-5-11-3-2-4-12(18)7-11/h2-4,7-8,10H,5-6,9H2,1H3,(H,22,26)(H,20,21,23). The van der Waals surface area contributed by atoms with E-state index < -0.39 is 11.2 Å². The van der Waals surface area contributed by atoms with Crippen LogP contribution in [0, 0.1) is 5.82 Å². The topological polar surface area (TPSA) is 92.7 Å². The number of halogens is 2. The molecule has 2 heterocycles. The molecule has 0 aliphatic rings. The van der Waals surface area contributed by atoms with Crippen LogP contribution in [0.4, 0.5) is 10.3 Å². The lowest BCUT2D eigenvalue weighted by atomic mass is 10.1. The SMILES string of the molecule is CC(I)Cn1c(=O)[nH]c2cnc(NCCc3cccc(F)c3)nc2c1=O. The van der Waals surface area contributed by atoms with Crippen molar-refractivity contribution in [2.24, 2.45) is 0 Å². The third-order valence-electron chi connectivity index (χ3n) is 3.74. The van der Waals surface area contributed by atoms with Crippen LogP contribution in [-0.4, -0.2) is 30.0 Å². The number of aromatic nitrogens is 4. The van der Waals surface area contributed by atoms with Crippen LogP contribution in [0.2, 0.25) is 0 Å². The van der Waals surface area contributed by atoms with Crippen LogP contribution in [0.15, 0.2) is 40.1 Å². The summed E-state index contributed by atoms with van der Waals surface area (Å²) in [5.41, 5.74) is 0.392. The average Bonchev–Trinajstić information content (AvgIpc) is 2.59. The van der Waals surface area contributed by atoms with E-state index in [-0.39, 0.29) is 21.2 Å². The molecule has 0 fully saturated rings. The van der Waals surface area contributed by atoms with Gasteiger partial charge in [-0.3, -0.25) is 9.36 Å². The van der Waals surface area contributed by atoms with Crippen LogP contribution < -0.4 is 16.6 Å². The van der Waals surface area contributed by atoms with Crippen molar-refractivity contribution >= 4 is 39.6 Å². The minimum Gasteiger partial charge on any atom is -0.354 e. The zero-order chi connectivity index (χ0) is 18.7. The number of nitrogens with one attached hydrogen (secondary N) is 2. The Labute approximate surface area is 161 Å². The summed E-state index contributed by atoms with van der Waals surface area (Å²) in [5.74, 6) is 0.00516. The fraction of sp³-hybridized carbons (Fsp3) is 0.294. The van der Waals surface area contributed by atoms with Crippen molar-refractivity contribution in [2.45, 2.75) is 23.8 Å². The van der Waals surface area contributed by atoms with Gasteiger partial charge in [0.1, 0.15) is 5.82 Å². The van der Waals surface area contributed by atoms with Gasteiger partial charge < -0.3 is 10.3 Å². The number of fused-ring (bicyclic) bond motifs is 1. The molecule has 0 radical (unpaired) electrons. The average molecular weight is 469 g/mol. The molecule has 1 atom stereocenters. The Balaban J connectivity index is 1.81. The van der Waals surface area contributed by atoms with E-state index in [1.54, 1.807) is 6.07 Å². The van der Waals surface area contributed by atoms with Crippen LogP contribution in [0.1, 0.15) is 12.5 Å². The molecular formula is C17H17FIN5O2. The van der Waals surface area contributed by atoms with Gasteiger partial charge in [-0.1, -0.05) is 41.6 Å². The summed E-state index contributed by atoms with van der Waals surface area (Å²) in [6, 6.07) is 6.36. The van der Waals surface area contributed by atoms with E-state index in [9.17, 15) is 14.0 Å². The van der Waals surface area contributed by atoms with E-state index in [2.05, 4.69) is 42.9 Å². The number of nitrogens with zero attached hydrogens (tertiary/aromatic N) is 3. The Bertz CT molecular complexity index is 1050. The van der Waals surface area contributed by atoms with Gasteiger partial charge in [0.05, 0.1) is 11.7 Å². The van der Waals surface area contributed by atoms with Gasteiger partial charge in [-0.05, 0) is 24.1 Å². The van der Waals surface area contributed by atoms with Crippen LogP contribution >= 0.6 is 22.6 Å². The van der Waals surface area contributed by atoms with E-state index in [1.165, 1.54) is 18.3 Å². The van der Waals surface area contributed by atoms with Gasteiger partial charge in [-0.15, -0.1) is 0 Å². The molecule has 26 heavy (non-hydrogen) atoms. The van der Waals surface area contributed by atoms with Gasteiger partial charge >= 0.3 is 5.69 Å². The lowest BCUT2D eigenvalue weighted by Gasteiger charge is -2.09. The molecule has 0 saturated heterocycles. The van der Waals surface area contributed by atoms with E-state index in [0.29, 0.717) is 25.0 Å². The van der Waals surface area contributed by atoms with Gasteiger partial charge in [0.15, 0.2) is 5.52 Å². The van der Waals surface area contributed by atoms with E-state index in [1.807, 2.05) is 13.0 Å². The van der Waals surface area contributed by atoms with Crippen LogP contribution in [0.3, 0.4) is 0 Å². The minimum atomic E-state index is -0.471. The fourth-order valence-corrected chi connectivity index (χ4v) is 2.95. The molecule has 7 nitrogen and oxygen atoms in total. The summed E-state index contributed by atoms with van der Waals surface area (Å²) in [6.45, 7) is 2.70. The molecule has 2 N–H and O–H groups in total. The predicted octanol–water partition coefficient (Wildman–Crippen LogP) is 2.10. The molecule has 0 aliphatic heterocycles. The Kier molecular flexibility index (Phi) is 5.64. The number of alkyl halides is 1. The van der Waals surface area contributed by atoms with Gasteiger partial charge in [-0.25, -0.2) is 19.2 Å². The highest BCUT2D eigenvalue weighted by Crippen LogP contribution is 2.07. The zero-order valence-electron chi connectivity index (χ0n) is 14.0. The molecule has 0 bridgehead atoms. The van der Waals surface area contributed by atoms with Crippen LogP contribution in [-0.2, 0) is 13.0 Å². The molecule has 0 aliphatic carbocycles. The van der Waals surface area contributed by atoms with Crippen LogP contribution in [0.25, 0.3) is 11.0 Å². The van der Waals surface area contributed by atoms with E-state index >= 15 is 0 Å². The maximum atomic E-state index is 13.2. The molecule has 136 valence electrons. The lowest BCUT2D eigenvalue weighted by molar-refractivity contribution is 0.625. The molecule has 2 aromatic heterocycles. The summed E-state index contributed by atoms with van der Waals surface area (Å²) in [5, 5.41) is 3.02. The van der Waals surface area contributed by atoms with Crippen molar-refractivity contribution in [2.75, 3.05) is 11.9 Å². The Morgan fingerprint density at radius 3 is 2.92 bits per heavy atom. The molecule has 1 unspecified atom stereocenters. The highest BCUT2D eigenvalue weighted by Gasteiger charge is 2.12. The van der Waals surface area contributed by atoms with Crippen molar-refractivity contribution in [1.29, 1.82) is 0 Å². The van der Waals surface area contributed by atoms with Crippen molar-refractivity contribution in [3.8, 4) is 0 Å². The molecular weight excluding hydrogens is 452 g/mol. The number of hydrogen-bond donors (Lipinski definition) is 2. The van der Waals surface area contributed by atoms with Gasteiger partial charge in [0.25, 0.3) is 5.56 Å². The first-order valence-electron chi connectivity index (χ1n) is 8.06. The molecule has 0 spiro atoms. The maximum Gasteiger partial charge on any atom is 0.328 e. The second-order valence-electron chi connectivity index (χ2n) is 5.89. The third-order valence-corrected chi connectivity index (χ3v) is 4.14. The largest absolute Gasteiger partial charge is 0.354 e. The summed E-state index contributed by atoms with van der Waals surface area (Å²) >= 11 is 2.15. The third kappa shape index (κ3) is 4.26. The Morgan fingerprint density at radius 1 is 1.38 bits per heavy atom. The number of H-pyrrole nitrogens is 1. The van der Waals surface area contributed by atoms with E-state index in [4.69, 9.17) is 0 Å². The van der Waals surface area contributed by atoms with Crippen LogP contribution in [0.5, 0.6) is 0 Å². The first-order valence-corrected chi connectivity index (χ1v) is 9.31. The fourth-order valence-electron chi connectivity index (χ4n) is 2.55. The highest BCUT2D eigenvalue weighted by atomic mass is 127. The summed E-state index contributed by atoms with van der Waals surface area (Å²) < 4.78 is 14.4. The first-order chi connectivity index (χ1) is 12.4. The monoisotopic (exact) mass is 469 g/mol. The Hall–Kier alpha value is -2.30. The number of rotatable bonds is 6. The van der Waals surface area contributed by atoms with Gasteiger partial charge in [0, 0.05) is 17.0 Å². The molecule has 9 heteroatoms. The Morgan fingerprint density at radius 2 is 2.19 bits per heavy atom. The van der Waals surface area contributed by atoms with Crippen molar-refractivity contribution in [3.63, 3.8) is 0 Å². The lowest BCUT2D eigenvalue weighted by Crippen LogP contribution is -2.37. The minimum absolute atomic E-state index is 0.120. The van der Waals surface area contributed by atoms with Gasteiger partial charge in [0.2, 0.25) is 5.95 Å². The number of anilines is 1. The highest BCUT2D eigenvalue weighted by molar-refractivity contribution is 14.1. The predicted molar refractivity (Wildman–Crippen MR) is 106 cm³/mol. The van der Waals surface area contributed by atoms with Gasteiger partial charge in [-0.2, -0.15) is 0 Å². The number of benzene rings is 1. The summed E-state index contributed by atoms with van der Waals surface area (Å²) in [6.07, 6.45) is 1.99. The molecule has 3 aromatic rings. The smallest absolute Gasteiger partial charge is 0.328 e. The normalized spacial score (nSPS) is 12.3. The molecule has 3 rings (SSSR count). The summed E-state index contributed by atoms with van der Waals surface area (Å²) in [4.78, 5) is 35.6. The zero-order valence-corrected chi connectivity index (χ0v) is 16.2. The van der Waals surface area contributed by atoms with Crippen molar-refractivity contribution in [3.05, 3.63) is 62.7 Å². The maximum absolute atomic E-state index is 13.2. The second-order valence-corrected chi connectivity index (χ2v) is 8.02. The number of aromatic amines is 1. The molecule has 1 aromatic carbocycles. The van der Waals surface area contributed by atoms with Crippen molar-refractivity contribution in [1.82, 2.24) is 19.5 Å². The summed E-state index contributed by atoms with van der Waals surface area (Å²) in [7, 11) is 0. The number of hydrogen-bond acceptors (Lipinski definition) is 5. The van der Waals surface area contributed by atoms with Crippen molar-refractivity contribution < 1.29 is 4.39 Å². The molecule has 0 saturated carbocycles. The van der Waals surface area contributed by atoms with E-state index in [0.717, 1.165) is 10.1 Å². The molecule has 0 amide bonds. The second kappa shape index (κ2) is 7.94.